The van der Waals surface area contributed by atoms with Crippen LogP contribution in [0.3, 0.4) is 0 Å². The molecule has 4 nitrogen and oxygen atoms in total. The molecule has 1 aliphatic carbocycles. The number of benzene rings is 1. The molecule has 1 amide bonds. The highest BCUT2D eigenvalue weighted by molar-refractivity contribution is 7.16. The number of fused-ring (bicyclic) bond motifs is 1. The van der Waals surface area contributed by atoms with E-state index in [0.717, 1.165) is 24.8 Å². The molecule has 0 radical (unpaired) electrons. The number of nitrogens with two attached hydrogens (primary N) is 1. The lowest BCUT2D eigenvalue weighted by Gasteiger charge is -2.04. The quantitative estimate of drug-likeness (QED) is 0.832. The number of carbonyl (C=O) groups excluding carboxylic acids is 1. The minimum atomic E-state index is -0.228. The smallest absolute Gasteiger partial charge is 0.256 e. The van der Waals surface area contributed by atoms with Crippen LogP contribution in [0.5, 0.6) is 0 Å². The van der Waals surface area contributed by atoms with Gasteiger partial charge in [-0.3, -0.25) is 4.79 Å². The number of nitrogen functional groups attached to an aromatic ring is 1. The van der Waals surface area contributed by atoms with Gasteiger partial charge in [0.2, 0.25) is 0 Å². The van der Waals surface area contributed by atoms with Crippen molar-refractivity contribution in [2.24, 2.45) is 0 Å². The van der Waals surface area contributed by atoms with Crippen LogP contribution in [0.25, 0.3) is 0 Å². The summed E-state index contributed by atoms with van der Waals surface area (Å²) in [4.78, 5) is 13.4. The predicted octanol–water partition coefficient (Wildman–Crippen LogP) is 2.94. The van der Waals surface area contributed by atoms with Crippen molar-refractivity contribution in [1.29, 1.82) is 5.26 Å². The molecule has 5 heteroatoms. The first-order valence-electron chi connectivity index (χ1n) is 6.40. The largest absolute Gasteiger partial charge is 0.399 e. The van der Waals surface area contributed by atoms with Gasteiger partial charge < -0.3 is 11.1 Å². The van der Waals surface area contributed by atoms with E-state index in [-0.39, 0.29) is 5.91 Å². The Morgan fingerprint density at radius 2 is 2.25 bits per heavy atom. The zero-order valence-electron chi connectivity index (χ0n) is 10.8. The summed E-state index contributed by atoms with van der Waals surface area (Å²) in [5.41, 5.74) is 8.46. The number of anilines is 2. The third kappa shape index (κ3) is 2.15. The molecular weight excluding hydrogens is 270 g/mol. The third-order valence-electron chi connectivity index (χ3n) is 3.41. The Labute approximate surface area is 120 Å². The number of rotatable bonds is 2. The standard InChI is InChI=1S/C15H13N3OS/c16-8-12-11-5-2-6-13(11)20-15(12)18-14(19)9-3-1-4-10(17)7-9/h1,3-4,7H,2,5-6,17H2,(H,18,19). The Hall–Kier alpha value is -2.32. The van der Waals surface area contributed by atoms with Crippen molar-refractivity contribution in [3.05, 3.63) is 45.8 Å². The molecule has 1 aromatic heterocycles. The SMILES string of the molecule is N#Cc1c(NC(=O)c2cccc(N)c2)sc2c1CCC2. The van der Waals surface area contributed by atoms with Crippen molar-refractivity contribution >= 4 is 27.9 Å². The van der Waals surface area contributed by atoms with Crippen LogP contribution in [-0.2, 0) is 12.8 Å². The Bertz CT molecular complexity index is 727. The van der Waals surface area contributed by atoms with Crippen molar-refractivity contribution in [2.45, 2.75) is 19.3 Å². The van der Waals surface area contributed by atoms with Gasteiger partial charge in [0.15, 0.2) is 0 Å². The second-order valence-corrected chi connectivity index (χ2v) is 5.86. The number of amides is 1. The highest BCUT2D eigenvalue weighted by atomic mass is 32.1. The molecule has 3 rings (SSSR count). The minimum absolute atomic E-state index is 0.228. The molecule has 0 saturated carbocycles. The van der Waals surface area contributed by atoms with E-state index in [4.69, 9.17) is 5.73 Å². The first kappa shape index (κ1) is 12.7. The van der Waals surface area contributed by atoms with E-state index in [0.29, 0.717) is 21.8 Å². The van der Waals surface area contributed by atoms with Gasteiger partial charge in [-0.1, -0.05) is 6.07 Å². The molecule has 0 fully saturated rings. The van der Waals surface area contributed by atoms with Gasteiger partial charge in [0, 0.05) is 16.1 Å². The first-order valence-corrected chi connectivity index (χ1v) is 7.22. The van der Waals surface area contributed by atoms with Gasteiger partial charge in [0.05, 0.1) is 5.56 Å². The topological polar surface area (TPSA) is 78.9 Å². The van der Waals surface area contributed by atoms with Crippen molar-refractivity contribution in [3.63, 3.8) is 0 Å². The number of nitrogens with one attached hydrogen (secondary N) is 1. The van der Waals surface area contributed by atoms with Crippen LogP contribution >= 0.6 is 11.3 Å². The highest BCUT2D eigenvalue weighted by Crippen LogP contribution is 2.38. The summed E-state index contributed by atoms with van der Waals surface area (Å²) in [6.45, 7) is 0. The molecule has 1 aliphatic rings. The molecule has 1 aromatic carbocycles. The van der Waals surface area contributed by atoms with E-state index in [1.165, 1.54) is 16.2 Å². The van der Waals surface area contributed by atoms with Gasteiger partial charge in [-0.2, -0.15) is 5.26 Å². The Morgan fingerprint density at radius 1 is 1.40 bits per heavy atom. The molecule has 0 aliphatic heterocycles. The molecule has 2 aromatic rings. The molecule has 3 N–H and O–H groups in total. The monoisotopic (exact) mass is 283 g/mol. The number of nitrogens with zero attached hydrogens (tertiary/aromatic N) is 1. The maximum Gasteiger partial charge on any atom is 0.256 e. The lowest BCUT2D eigenvalue weighted by Crippen LogP contribution is -2.12. The van der Waals surface area contributed by atoms with Gasteiger partial charge in [0.1, 0.15) is 11.1 Å². The molecule has 0 atom stereocenters. The molecule has 100 valence electrons. The van der Waals surface area contributed by atoms with Crippen LogP contribution < -0.4 is 11.1 Å². The van der Waals surface area contributed by atoms with Gasteiger partial charge in [0.25, 0.3) is 5.91 Å². The molecule has 0 spiro atoms. The summed E-state index contributed by atoms with van der Waals surface area (Å²) >= 11 is 1.51. The summed E-state index contributed by atoms with van der Waals surface area (Å²) in [5.74, 6) is -0.228. The van der Waals surface area contributed by atoms with Crippen molar-refractivity contribution < 1.29 is 4.79 Å². The second kappa shape index (κ2) is 4.99. The van der Waals surface area contributed by atoms with Gasteiger partial charge in [-0.05, 0) is 43.0 Å². The predicted molar refractivity (Wildman–Crippen MR) is 79.9 cm³/mol. The van der Waals surface area contributed by atoms with E-state index in [9.17, 15) is 10.1 Å². The van der Waals surface area contributed by atoms with Crippen molar-refractivity contribution in [1.82, 2.24) is 0 Å². The van der Waals surface area contributed by atoms with Crippen molar-refractivity contribution in [3.8, 4) is 6.07 Å². The van der Waals surface area contributed by atoms with Gasteiger partial charge in [-0.15, -0.1) is 11.3 Å². The lowest BCUT2D eigenvalue weighted by atomic mass is 10.1. The molecule has 0 unspecified atom stereocenters. The Morgan fingerprint density at radius 3 is 3.00 bits per heavy atom. The first-order chi connectivity index (χ1) is 9.69. The summed E-state index contributed by atoms with van der Waals surface area (Å²) in [7, 11) is 0. The van der Waals surface area contributed by atoms with Crippen LogP contribution in [-0.4, -0.2) is 5.91 Å². The van der Waals surface area contributed by atoms with E-state index in [1.54, 1.807) is 24.3 Å². The van der Waals surface area contributed by atoms with Gasteiger partial charge in [-0.25, -0.2) is 0 Å². The molecule has 1 heterocycles. The average molecular weight is 283 g/mol. The van der Waals surface area contributed by atoms with E-state index in [1.807, 2.05) is 0 Å². The number of hydrogen-bond acceptors (Lipinski definition) is 4. The zero-order valence-corrected chi connectivity index (χ0v) is 11.6. The second-order valence-electron chi connectivity index (χ2n) is 4.75. The van der Waals surface area contributed by atoms with Crippen LogP contribution in [0.4, 0.5) is 10.7 Å². The van der Waals surface area contributed by atoms with Crippen LogP contribution in [0.1, 0.15) is 32.8 Å². The van der Waals surface area contributed by atoms with Crippen molar-refractivity contribution in [2.75, 3.05) is 11.1 Å². The number of thiophene rings is 1. The fourth-order valence-electron chi connectivity index (χ4n) is 2.47. The molecule has 0 saturated heterocycles. The summed E-state index contributed by atoms with van der Waals surface area (Å²) < 4.78 is 0. The fourth-order valence-corrected chi connectivity index (χ4v) is 3.70. The van der Waals surface area contributed by atoms with E-state index >= 15 is 0 Å². The third-order valence-corrected chi connectivity index (χ3v) is 4.62. The highest BCUT2D eigenvalue weighted by Gasteiger charge is 2.23. The number of aryl methyl sites for hydroxylation is 1. The number of nitriles is 1. The molecule has 0 bridgehead atoms. The zero-order chi connectivity index (χ0) is 14.1. The van der Waals surface area contributed by atoms with E-state index in [2.05, 4.69) is 11.4 Å². The molecule has 20 heavy (non-hydrogen) atoms. The summed E-state index contributed by atoms with van der Waals surface area (Å²) in [6.07, 6.45) is 3.03. The van der Waals surface area contributed by atoms with Crippen LogP contribution in [0.2, 0.25) is 0 Å². The fraction of sp³-hybridized carbons (Fsp3) is 0.200. The maximum absolute atomic E-state index is 12.2. The normalized spacial score (nSPS) is 12.8. The minimum Gasteiger partial charge on any atom is -0.399 e. The average Bonchev–Trinajstić information content (AvgIpc) is 2.98. The lowest BCUT2D eigenvalue weighted by molar-refractivity contribution is 0.102. The Kier molecular flexibility index (Phi) is 3.17. The summed E-state index contributed by atoms with van der Waals surface area (Å²) in [6, 6.07) is 9.02. The van der Waals surface area contributed by atoms with Crippen LogP contribution in [0, 0.1) is 11.3 Å². The van der Waals surface area contributed by atoms with E-state index < -0.39 is 0 Å². The number of hydrogen-bond donors (Lipinski definition) is 2. The van der Waals surface area contributed by atoms with Crippen LogP contribution in [0.15, 0.2) is 24.3 Å². The summed E-state index contributed by atoms with van der Waals surface area (Å²) in [5, 5.41) is 12.8. The maximum atomic E-state index is 12.2. The Balaban J connectivity index is 1.89. The number of carbonyl (C=O) groups is 1. The van der Waals surface area contributed by atoms with Gasteiger partial charge >= 0.3 is 0 Å². The molecular formula is C15H13N3OS.